The van der Waals surface area contributed by atoms with E-state index in [2.05, 4.69) is 13.8 Å². The Labute approximate surface area is 118 Å². The molecule has 0 bridgehead atoms. The van der Waals surface area contributed by atoms with Crippen LogP contribution in [0.25, 0.3) is 0 Å². The molecular weight excluding hydrogens is 236 g/mol. The van der Waals surface area contributed by atoms with E-state index in [9.17, 15) is 4.79 Å². The molecule has 0 heterocycles. The fourth-order valence-corrected chi connectivity index (χ4v) is 4.02. The minimum Gasteiger partial charge on any atom is -0.367 e. The van der Waals surface area contributed by atoms with Crippen LogP contribution < -0.4 is 0 Å². The molecular formula is C17H30O2. The first-order valence-corrected chi connectivity index (χ1v) is 8.27. The maximum absolute atomic E-state index is 13.0. The molecule has 0 spiro atoms. The van der Waals surface area contributed by atoms with Crippen molar-refractivity contribution in [2.24, 2.45) is 17.8 Å². The van der Waals surface area contributed by atoms with Crippen molar-refractivity contribution in [3.05, 3.63) is 0 Å². The van der Waals surface area contributed by atoms with Gasteiger partial charge in [0.15, 0.2) is 5.78 Å². The van der Waals surface area contributed by atoms with Gasteiger partial charge in [0.25, 0.3) is 0 Å². The van der Waals surface area contributed by atoms with Gasteiger partial charge in [-0.05, 0) is 50.9 Å². The van der Waals surface area contributed by atoms with Crippen molar-refractivity contribution in [1.29, 1.82) is 0 Å². The van der Waals surface area contributed by atoms with E-state index in [1.807, 2.05) is 6.92 Å². The average Bonchev–Trinajstić information content (AvgIpc) is 2.42. The maximum atomic E-state index is 13.0. The van der Waals surface area contributed by atoms with Gasteiger partial charge in [-0.1, -0.05) is 33.1 Å². The van der Waals surface area contributed by atoms with Crippen LogP contribution in [0.15, 0.2) is 0 Å². The molecule has 2 aliphatic carbocycles. The smallest absolute Gasteiger partial charge is 0.167 e. The van der Waals surface area contributed by atoms with Crippen LogP contribution in [-0.4, -0.2) is 18.0 Å². The summed E-state index contributed by atoms with van der Waals surface area (Å²) in [6.07, 6.45) is 8.86. The Balaban J connectivity index is 2.06. The molecule has 19 heavy (non-hydrogen) atoms. The number of ketones is 1. The van der Waals surface area contributed by atoms with Gasteiger partial charge in [0.2, 0.25) is 0 Å². The summed E-state index contributed by atoms with van der Waals surface area (Å²) in [5.74, 6) is 2.16. The molecule has 0 aromatic rings. The third kappa shape index (κ3) is 3.21. The molecule has 2 fully saturated rings. The van der Waals surface area contributed by atoms with Crippen LogP contribution in [0, 0.1) is 17.8 Å². The molecule has 2 heteroatoms. The molecule has 110 valence electrons. The van der Waals surface area contributed by atoms with Crippen molar-refractivity contribution in [2.45, 2.75) is 77.7 Å². The fraction of sp³-hybridized carbons (Fsp3) is 0.941. The van der Waals surface area contributed by atoms with Crippen molar-refractivity contribution in [2.75, 3.05) is 6.61 Å². The Bertz CT molecular complexity index is 299. The molecule has 3 unspecified atom stereocenters. The summed E-state index contributed by atoms with van der Waals surface area (Å²) in [6.45, 7) is 7.32. The second kappa shape index (κ2) is 6.39. The van der Waals surface area contributed by atoms with E-state index in [4.69, 9.17) is 4.74 Å². The first kappa shape index (κ1) is 15.0. The lowest BCUT2D eigenvalue weighted by Gasteiger charge is -2.40. The molecule has 0 saturated heterocycles. The van der Waals surface area contributed by atoms with E-state index < -0.39 is 5.60 Å². The van der Waals surface area contributed by atoms with Crippen molar-refractivity contribution >= 4 is 5.78 Å². The van der Waals surface area contributed by atoms with Gasteiger partial charge >= 0.3 is 0 Å². The third-order valence-electron chi connectivity index (χ3n) is 5.50. The van der Waals surface area contributed by atoms with E-state index in [1.54, 1.807) is 0 Å². The second-order valence-corrected chi connectivity index (χ2v) is 6.82. The number of carbonyl (C=O) groups is 1. The minimum absolute atomic E-state index is 0.260. The van der Waals surface area contributed by atoms with Crippen molar-refractivity contribution < 1.29 is 9.53 Å². The number of hydrogen-bond donors (Lipinski definition) is 0. The summed E-state index contributed by atoms with van der Waals surface area (Å²) >= 11 is 0. The molecule has 0 amide bonds. The standard InChI is InChI=1S/C17H30O2/c1-4-19-17(10-6-5-7-11-17)16(18)15-9-8-13(2)14(3)12-15/h13-15H,4-12H2,1-3H3. The molecule has 0 radical (unpaired) electrons. The van der Waals surface area contributed by atoms with Crippen LogP contribution in [0.3, 0.4) is 0 Å². The molecule has 0 aliphatic heterocycles. The number of rotatable bonds is 4. The van der Waals surface area contributed by atoms with Crippen LogP contribution in [0.2, 0.25) is 0 Å². The topological polar surface area (TPSA) is 26.3 Å². The second-order valence-electron chi connectivity index (χ2n) is 6.82. The van der Waals surface area contributed by atoms with Crippen molar-refractivity contribution in [3.8, 4) is 0 Å². The zero-order valence-corrected chi connectivity index (χ0v) is 12.9. The average molecular weight is 266 g/mol. The number of carbonyl (C=O) groups excluding carboxylic acids is 1. The monoisotopic (exact) mass is 266 g/mol. The summed E-state index contributed by atoms with van der Waals surface area (Å²) in [5, 5.41) is 0. The highest BCUT2D eigenvalue weighted by Crippen LogP contribution is 2.40. The highest BCUT2D eigenvalue weighted by molar-refractivity contribution is 5.89. The van der Waals surface area contributed by atoms with Crippen molar-refractivity contribution in [1.82, 2.24) is 0 Å². The summed E-state index contributed by atoms with van der Waals surface area (Å²) < 4.78 is 6.00. The van der Waals surface area contributed by atoms with Crippen LogP contribution in [0.4, 0.5) is 0 Å². The molecule has 0 aromatic carbocycles. The Hall–Kier alpha value is -0.370. The quantitative estimate of drug-likeness (QED) is 0.755. The zero-order valence-electron chi connectivity index (χ0n) is 12.9. The minimum atomic E-state index is -0.419. The van der Waals surface area contributed by atoms with Crippen LogP contribution in [0.1, 0.15) is 72.1 Å². The SMILES string of the molecule is CCOC1(C(=O)C2CCC(C)C(C)C2)CCCCC1. The maximum Gasteiger partial charge on any atom is 0.167 e. The highest BCUT2D eigenvalue weighted by Gasteiger charge is 2.44. The number of hydrogen-bond acceptors (Lipinski definition) is 2. The molecule has 2 nitrogen and oxygen atoms in total. The van der Waals surface area contributed by atoms with Gasteiger partial charge in [0.05, 0.1) is 0 Å². The molecule has 0 aromatic heterocycles. The van der Waals surface area contributed by atoms with Crippen LogP contribution in [-0.2, 0) is 9.53 Å². The lowest BCUT2D eigenvalue weighted by molar-refractivity contribution is -0.155. The van der Waals surface area contributed by atoms with E-state index in [1.165, 1.54) is 12.8 Å². The number of Topliss-reactive ketones (excluding diaryl/α,β-unsaturated/α-hetero) is 1. The highest BCUT2D eigenvalue weighted by atomic mass is 16.5. The Morgan fingerprint density at radius 1 is 1.11 bits per heavy atom. The molecule has 2 saturated carbocycles. The lowest BCUT2D eigenvalue weighted by Crippen LogP contribution is -2.48. The van der Waals surface area contributed by atoms with Gasteiger partial charge in [0, 0.05) is 12.5 Å². The molecule has 3 atom stereocenters. The zero-order chi connectivity index (χ0) is 13.9. The van der Waals surface area contributed by atoms with Crippen LogP contribution in [0.5, 0.6) is 0 Å². The number of ether oxygens (including phenoxy) is 1. The van der Waals surface area contributed by atoms with E-state index in [-0.39, 0.29) is 5.92 Å². The Kier molecular flexibility index (Phi) is 5.05. The summed E-state index contributed by atoms with van der Waals surface area (Å²) in [4.78, 5) is 13.0. The third-order valence-corrected chi connectivity index (χ3v) is 5.50. The van der Waals surface area contributed by atoms with Crippen molar-refractivity contribution in [3.63, 3.8) is 0 Å². The van der Waals surface area contributed by atoms with E-state index >= 15 is 0 Å². The van der Waals surface area contributed by atoms with Gasteiger partial charge in [-0.3, -0.25) is 4.79 Å². The van der Waals surface area contributed by atoms with E-state index in [0.717, 1.165) is 44.4 Å². The van der Waals surface area contributed by atoms with Gasteiger partial charge in [-0.2, -0.15) is 0 Å². The molecule has 0 N–H and O–H groups in total. The normalized spacial score (nSPS) is 35.0. The summed E-state index contributed by atoms with van der Waals surface area (Å²) in [5.41, 5.74) is -0.419. The predicted octanol–water partition coefficient (Wildman–Crippen LogP) is 4.37. The first-order valence-electron chi connectivity index (χ1n) is 8.27. The Morgan fingerprint density at radius 2 is 1.79 bits per heavy atom. The van der Waals surface area contributed by atoms with Gasteiger partial charge in [-0.25, -0.2) is 0 Å². The van der Waals surface area contributed by atoms with E-state index in [0.29, 0.717) is 18.3 Å². The van der Waals surface area contributed by atoms with Gasteiger partial charge in [0.1, 0.15) is 5.60 Å². The van der Waals surface area contributed by atoms with Gasteiger partial charge in [-0.15, -0.1) is 0 Å². The summed E-state index contributed by atoms with van der Waals surface area (Å²) in [7, 11) is 0. The molecule has 2 aliphatic rings. The molecule has 2 rings (SSSR count). The largest absolute Gasteiger partial charge is 0.367 e. The fourth-order valence-electron chi connectivity index (χ4n) is 4.02. The summed E-state index contributed by atoms with van der Waals surface area (Å²) in [6, 6.07) is 0. The van der Waals surface area contributed by atoms with Gasteiger partial charge < -0.3 is 4.74 Å². The lowest BCUT2D eigenvalue weighted by atomic mass is 9.69. The van der Waals surface area contributed by atoms with Crippen LogP contribution >= 0.6 is 0 Å². The Morgan fingerprint density at radius 3 is 2.37 bits per heavy atom. The first-order chi connectivity index (χ1) is 9.09. The predicted molar refractivity (Wildman–Crippen MR) is 78.1 cm³/mol.